The number of hydrogen-bond acceptors (Lipinski definition) is 5. The normalized spacial score (nSPS) is 9.54. The van der Waals surface area contributed by atoms with Crippen molar-refractivity contribution in [2.24, 2.45) is 0 Å². The van der Waals surface area contributed by atoms with Crippen LogP contribution in [0.25, 0.3) is 0 Å². The highest BCUT2D eigenvalue weighted by atomic mass is 16.5. The van der Waals surface area contributed by atoms with Crippen molar-refractivity contribution in [1.82, 2.24) is 16.0 Å². The lowest BCUT2D eigenvalue weighted by Gasteiger charge is -2.08. The number of benzene rings is 1. The number of imide groups is 1. The smallest absolute Gasteiger partial charge is 0.321 e. The summed E-state index contributed by atoms with van der Waals surface area (Å²) in [6.07, 6.45) is -0.101. The van der Waals surface area contributed by atoms with Gasteiger partial charge in [-0.15, -0.1) is 0 Å². The predicted molar refractivity (Wildman–Crippen MR) is 86.3 cm³/mol. The van der Waals surface area contributed by atoms with Gasteiger partial charge in [0.15, 0.2) is 6.61 Å². The molecule has 24 heavy (non-hydrogen) atoms. The second-order valence-electron chi connectivity index (χ2n) is 4.57. The average Bonchev–Trinajstić information content (AvgIpc) is 2.54. The number of para-hydroxylation sites is 1. The van der Waals surface area contributed by atoms with E-state index in [-0.39, 0.29) is 13.0 Å². The number of amides is 5. The summed E-state index contributed by atoms with van der Waals surface area (Å²) in [4.78, 5) is 45.3. The topological polar surface area (TPSA) is 126 Å². The molecule has 0 heterocycles. The first kappa shape index (κ1) is 18.9. The summed E-state index contributed by atoms with van der Waals surface area (Å²) in [5.41, 5.74) is 0.625. The van der Waals surface area contributed by atoms with E-state index in [1.165, 1.54) is 0 Å². The summed E-state index contributed by atoms with van der Waals surface area (Å²) in [5.74, 6) is -1.40. The molecule has 1 aromatic carbocycles. The van der Waals surface area contributed by atoms with Gasteiger partial charge < -0.3 is 20.7 Å². The van der Waals surface area contributed by atoms with E-state index in [2.05, 4.69) is 20.7 Å². The Kier molecular flexibility index (Phi) is 8.37. The summed E-state index contributed by atoms with van der Waals surface area (Å²) in [7, 11) is 0. The minimum atomic E-state index is -0.732. The van der Waals surface area contributed by atoms with Gasteiger partial charge >= 0.3 is 18.0 Å². The van der Waals surface area contributed by atoms with Crippen molar-refractivity contribution in [3.8, 4) is 0 Å². The molecule has 0 atom stereocenters. The van der Waals surface area contributed by atoms with Gasteiger partial charge in [0.1, 0.15) is 0 Å². The molecule has 0 aliphatic rings. The molecule has 1 rings (SSSR count). The molecule has 0 saturated carbocycles. The summed E-state index contributed by atoms with van der Waals surface area (Å²) in [5, 5.41) is 9.43. The molecule has 4 N–H and O–H groups in total. The number of hydrogen-bond donors (Lipinski definition) is 4. The lowest BCUT2D eigenvalue weighted by molar-refractivity contribution is -0.148. The van der Waals surface area contributed by atoms with Crippen molar-refractivity contribution in [2.75, 3.05) is 25.0 Å². The SMILES string of the molecule is CCNC(=O)NC(=O)COC(=O)CCNC(=O)Nc1ccccc1. The summed E-state index contributed by atoms with van der Waals surface area (Å²) in [6, 6.07) is 7.71. The van der Waals surface area contributed by atoms with Gasteiger partial charge in [0.25, 0.3) is 5.91 Å². The van der Waals surface area contributed by atoms with Crippen LogP contribution >= 0.6 is 0 Å². The van der Waals surface area contributed by atoms with Crippen molar-refractivity contribution in [2.45, 2.75) is 13.3 Å². The number of anilines is 1. The number of esters is 1. The van der Waals surface area contributed by atoms with Gasteiger partial charge in [0, 0.05) is 18.8 Å². The standard InChI is InChI=1S/C15H20N4O5/c1-2-16-14(22)19-12(20)10-24-13(21)8-9-17-15(23)18-11-6-4-3-5-7-11/h3-7H,2,8-10H2,1H3,(H2,17,18,23)(H2,16,19,20,22). The third-order valence-electron chi connectivity index (χ3n) is 2.60. The summed E-state index contributed by atoms with van der Waals surface area (Å²) >= 11 is 0. The quantitative estimate of drug-likeness (QED) is 0.542. The van der Waals surface area contributed by atoms with Gasteiger partial charge in [-0.2, -0.15) is 0 Å². The highest BCUT2D eigenvalue weighted by Gasteiger charge is 2.10. The Bertz CT molecular complexity index is 576. The fourth-order valence-electron chi connectivity index (χ4n) is 1.56. The van der Waals surface area contributed by atoms with E-state index < -0.39 is 30.5 Å². The van der Waals surface area contributed by atoms with Gasteiger partial charge in [-0.25, -0.2) is 9.59 Å². The van der Waals surface area contributed by atoms with Crippen molar-refractivity contribution in [3.63, 3.8) is 0 Å². The molecule has 0 fully saturated rings. The second kappa shape index (κ2) is 10.6. The van der Waals surface area contributed by atoms with E-state index in [4.69, 9.17) is 0 Å². The van der Waals surface area contributed by atoms with E-state index in [1.807, 2.05) is 11.4 Å². The Morgan fingerprint density at radius 3 is 2.38 bits per heavy atom. The fraction of sp³-hybridized carbons (Fsp3) is 0.333. The van der Waals surface area contributed by atoms with Crippen LogP contribution in [0, 0.1) is 0 Å². The highest BCUT2D eigenvalue weighted by Crippen LogP contribution is 2.03. The lowest BCUT2D eigenvalue weighted by atomic mass is 10.3. The van der Waals surface area contributed by atoms with Crippen LogP contribution in [0.3, 0.4) is 0 Å². The van der Waals surface area contributed by atoms with Gasteiger partial charge in [0.05, 0.1) is 6.42 Å². The monoisotopic (exact) mass is 336 g/mol. The van der Waals surface area contributed by atoms with Crippen LogP contribution in [0.4, 0.5) is 15.3 Å². The zero-order valence-electron chi connectivity index (χ0n) is 13.3. The Balaban J connectivity index is 2.14. The van der Waals surface area contributed by atoms with Crippen LogP contribution in [-0.4, -0.2) is 43.6 Å². The molecule has 5 amide bonds. The number of carbonyl (C=O) groups is 4. The maximum Gasteiger partial charge on any atom is 0.321 e. The average molecular weight is 336 g/mol. The molecule has 0 aliphatic carbocycles. The Labute approximate surface area is 139 Å². The van der Waals surface area contributed by atoms with Crippen molar-refractivity contribution in [1.29, 1.82) is 0 Å². The van der Waals surface area contributed by atoms with Crippen molar-refractivity contribution in [3.05, 3.63) is 30.3 Å². The van der Waals surface area contributed by atoms with E-state index in [0.717, 1.165) is 0 Å². The van der Waals surface area contributed by atoms with Crippen LogP contribution < -0.4 is 21.3 Å². The fourth-order valence-corrected chi connectivity index (χ4v) is 1.56. The van der Waals surface area contributed by atoms with E-state index in [9.17, 15) is 19.2 Å². The van der Waals surface area contributed by atoms with Crippen LogP contribution in [0.1, 0.15) is 13.3 Å². The van der Waals surface area contributed by atoms with Crippen LogP contribution in [-0.2, 0) is 14.3 Å². The van der Waals surface area contributed by atoms with Gasteiger partial charge in [-0.3, -0.25) is 14.9 Å². The third kappa shape index (κ3) is 8.37. The summed E-state index contributed by atoms with van der Waals surface area (Å²) < 4.78 is 4.68. The molecule has 9 heteroatoms. The third-order valence-corrected chi connectivity index (χ3v) is 2.60. The van der Waals surface area contributed by atoms with E-state index in [1.54, 1.807) is 31.2 Å². The number of rotatable bonds is 7. The maximum atomic E-state index is 11.6. The molecule has 0 spiro atoms. The Morgan fingerprint density at radius 1 is 1.00 bits per heavy atom. The Hall–Kier alpha value is -3.10. The number of ether oxygens (including phenoxy) is 1. The maximum absolute atomic E-state index is 11.6. The summed E-state index contributed by atoms with van der Waals surface area (Å²) in [6.45, 7) is 1.56. The van der Waals surface area contributed by atoms with Crippen LogP contribution in [0.5, 0.6) is 0 Å². The van der Waals surface area contributed by atoms with Gasteiger partial charge in [-0.1, -0.05) is 18.2 Å². The molecule has 0 bridgehead atoms. The molecule has 0 radical (unpaired) electrons. The van der Waals surface area contributed by atoms with Crippen molar-refractivity contribution >= 4 is 29.6 Å². The van der Waals surface area contributed by atoms with Crippen LogP contribution in [0.2, 0.25) is 0 Å². The van der Waals surface area contributed by atoms with Crippen molar-refractivity contribution < 1.29 is 23.9 Å². The highest BCUT2D eigenvalue weighted by molar-refractivity contribution is 5.95. The van der Waals surface area contributed by atoms with Gasteiger partial charge in [0.2, 0.25) is 0 Å². The lowest BCUT2D eigenvalue weighted by Crippen LogP contribution is -2.41. The zero-order chi connectivity index (χ0) is 17.8. The first-order chi connectivity index (χ1) is 11.5. The molecule has 0 unspecified atom stereocenters. The van der Waals surface area contributed by atoms with E-state index >= 15 is 0 Å². The number of urea groups is 2. The molecule has 0 saturated heterocycles. The Morgan fingerprint density at radius 2 is 1.71 bits per heavy atom. The van der Waals surface area contributed by atoms with Gasteiger partial charge in [-0.05, 0) is 19.1 Å². The number of nitrogens with one attached hydrogen (secondary N) is 4. The molecule has 9 nitrogen and oxygen atoms in total. The first-order valence-electron chi connectivity index (χ1n) is 7.34. The second-order valence-corrected chi connectivity index (χ2v) is 4.57. The molecular formula is C15H20N4O5. The molecular weight excluding hydrogens is 316 g/mol. The number of carbonyl (C=O) groups excluding carboxylic acids is 4. The first-order valence-corrected chi connectivity index (χ1v) is 7.34. The van der Waals surface area contributed by atoms with Crippen LogP contribution in [0.15, 0.2) is 30.3 Å². The molecule has 0 aromatic heterocycles. The predicted octanol–water partition coefficient (Wildman–Crippen LogP) is 0.587. The molecule has 1 aromatic rings. The minimum absolute atomic E-state index is 0.0510. The molecule has 130 valence electrons. The minimum Gasteiger partial charge on any atom is -0.456 e. The zero-order valence-corrected chi connectivity index (χ0v) is 13.3. The van der Waals surface area contributed by atoms with E-state index in [0.29, 0.717) is 12.2 Å². The molecule has 0 aliphatic heterocycles. The largest absolute Gasteiger partial charge is 0.456 e.